The van der Waals surface area contributed by atoms with Gasteiger partial charge in [0, 0.05) is 0 Å². The van der Waals surface area contributed by atoms with Crippen LogP contribution in [0, 0.1) is 0 Å². The Morgan fingerprint density at radius 1 is 1.22 bits per heavy atom. The first-order chi connectivity index (χ1) is 8.56. The summed E-state index contributed by atoms with van der Waals surface area (Å²) in [6.45, 7) is 0. The molecule has 0 aliphatic rings. The van der Waals surface area contributed by atoms with Crippen molar-refractivity contribution in [2.75, 3.05) is 7.11 Å². The second kappa shape index (κ2) is 6.05. The van der Waals surface area contributed by atoms with Gasteiger partial charge in [0.15, 0.2) is 0 Å². The average molecular weight is 353 g/mol. The molecular formula is C11H9BrCrO5. The molecule has 5 nitrogen and oxygen atoms in total. The Bertz CT molecular complexity index is 492. The molecule has 0 aliphatic heterocycles. The van der Waals surface area contributed by atoms with Gasteiger partial charge in [-0.3, -0.25) is 0 Å². The fourth-order valence-electron chi connectivity index (χ4n) is 1.27. The standard InChI is InChI=1S/C8H6BrO2.3CHO.Cr/c1-11-8(10)6-4-2-3-5-7(6)9;3*1-2;/h2-4H,1H3;3*1H;. The van der Waals surface area contributed by atoms with Crippen LogP contribution < -0.4 is 4.43 Å². The number of carbonyl (C=O) groups excluding carboxylic acids is 4. The van der Waals surface area contributed by atoms with Crippen molar-refractivity contribution in [2.24, 2.45) is 0 Å². The molecule has 7 heteroatoms. The number of carbonyl (C=O) groups is 4. The molecule has 1 aromatic rings. The fraction of sp³-hybridized carbons (Fsp3) is 0.0909. The van der Waals surface area contributed by atoms with Gasteiger partial charge in [0.2, 0.25) is 0 Å². The van der Waals surface area contributed by atoms with E-state index in [1.165, 1.54) is 25.3 Å². The van der Waals surface area contributed by atoms with Crippen LogP contribution in [-0.2, 0) is 32.2 Å². The number of methoxy groups -OCH3 is 1. The Labute approximate surface area is 114 Å². The van der Waals surface area contributed by atoms with Gasteiger partial charge >= 0.3 is 114 Å². The Morgan fingerprint density at radius 3 is 2.22 bits per heavy atom. The maximum atomic E-state index is 11.5. The number of benzene rings is 1. The molecule has 1 aromatic carbocycles. The van der Waals surface area contributed by atoms with Crippen LogP contribution in [0.1, 0.15) is 10.4 Å². The SMILES string of the molecule is COC(=O)c1ccc[c]([Cr]([CH]=O)([CH]=O)[CH]=O)c1Br. The summed E-state index contributed by atoms with van der Waals surface area (Å²) in [4.78, 5) is 44.7. The topological polar surface area (TPSA) is 77.5 Å². The van der Waals surface area contributed by atoms with Crippen molar-refractivity contribution in [2.45, 2.75) is 0 Å². The summed E-state index contributed by atoms with van der Waals surface area (Å²) >= 11 is -0.583. The zero-order valence-corrected chi connectivity index (χ0v) is 12.2. The van der Waals surface area contributed by atoms with E-state index in [1.807, 2.05) is 0 Å². The Morgan fingerprint density at radius 2 is 1.78 bits per heavy atom. The number of ether oxygens (including phenoxy) is 1. The van der Waals surface area contributed by atoms with Gasteiger partial charge in [-0.05, 0) is 0 Å². The van der Waals surface area contributed by atoms with Crippen LogP contribution in [0.3, 0.4) is 0 Å². The van der Waals surface area contributed by atoms with Crippen LogP contribution in [0.4, 0.5) is 0 Å². The Balaban J connectivity index is 3.52. The summed E-state index contributed by atoms with van der Waals surface area (Å²) < 4.78 is 5.08. The van der Waals surface area contributed by atoms with Crippen LogP contribution in [0.2, 0.25) is 0 Å². The predicted octanol–water partition coefficient (Wildman–Crippen LogP) is 0.585. The van der Waals surface area contributed by atoms with Crippen LogP contribution >= 0.6 is 15.9 Å². The van der Waals surface area contributed by atoms with E-state index in [4.69, 9.17) is 0 Å². The van der Waals surface area contributed by atoms with Gasteiger partial charge in [-0.25, -0.2) is 0 Å². The second-order valence-corrected chi connectivity index (χ2v) is 7.92. The molecule has 0 saturated heterocycles. The van der Waals surface area contributed by atoms with E-state index < -0.39 is 19.0 Å². The van der Waals surface area contributed by atoms with Gasteiger partial charge in [-0.2, -0.15) is 0 Å². The Hall–Kier alpha value is -1.29. The zero-order valence-electron chi connectivity index (χ0n) is 9.29. The van der Waals surface area contributed by atoms with Crippen LogP contribution in [0.25, 0.3) is 0 Å². The molecule has 1 rings (SSSR count). The maximum absolute atomic E-state index is 11.5. The van der Waals surface area contributed by atoms with E-state index in [2.05, 4.69) is 20.7 Å². The van der Waals surface area contributed by atoms with Crippen molar-refractivity contribution >= 4 is 41.8 Å². The van der Waals surface area contributed by atoms with Crippen molar-refractivity contribution in [1.29, 1.82) is 0 Å². The summed E-state index contributed by atoms with van der Waals surface area (Å²) in [6, 6.07) is 4.45. The third kappa shape index (κ3) is 2.43. The van der Waals surface area contributed by atoms with E-state index in [9.17, 15) is 19.2 Å². The van der Waals surface area contributed by atoms with Crippen LogP contribution in [-0.4, -0.2) is 28.5 Å². The van der Waals surface area contributed by atoms with Crippen LogP contribution in [0.15, 0.2) is 22.7 Å². The molecule has 0 heterocycles. The molecule has 0 N–H and O–H groups in total. The van der Waals surface area contributed by atoms with Crippen molar-refractivity contribution in [3.8, 4) is 0 Å². The zero-order chi connectivity index (χ0) is 13.8. The van der Waals surface area contributed by atoms with Crippen molar-refractivity contribution in [3.05, 3.63) is 28.2 Å². The molecule has 0 spiro atoms. The van der Waals surface area contributed by atoms with Crippen molar-refractivity contribution < 1.29 is 37.0 Å². The molecule has 18 heavy (non-hydrogen) atoms. The number of hydrogen-bond acceptors (Lipinski definition) is 5. The summed E-state index contributed by atoms with van der Waals surface area (Å²) in [6.07, 6.45) is 0. The summed E-state index contributed by atoms with van der Waals surface area (Å²) in [7, 11) is 1.22. The third-order valence-electron chi connectivity index (χ3n) is 2.23. The van der Waals surface area contributed by atoms with E-state index in [0.29, 0.717) is 15.4 Å². The normalized spacial score (nSPS) is 11.4. The summed E-state index contributed by atoms with van der Waals surface area (Å²) in [5.41, 5.74) is 0.169. The number of halogens is 1. The minimum absolute atomic E-state index is 0.169. The predicted molar refractivity (Wildman–Crippen MR) is 65.4 cm³/mol. The van der Waals surface area contributed by atoms with E-state index in [-0.39, 0.29) is 14.5 Å². The molecule has 0 unspecified atom stereocenters. The third-order valence-corrected chi connectivity index (χ3v) is 6.72. The first-order valence-corrected chi connectivity index (χ1v) is 8.26. The van der Waals surface area contributed by atoms with Gasteiger partial charge in [0.1, 0.15) is 0 Å². The first-order valence-electron chi connectivity index (χ1n) is 4.62. The van der Waals surface area contributed by atoms with Gasteiger partial charge < -0.3 is 0 Å². The molecule has 0 bridgehead atoms. The quantitative estimate of drug-likeness (QED) is 0.572. The van der Waals surface area contributed by atoms with Crippen LogP contribution in [0.5, 0.6) is 0 Å². The molecule has 0 radical (unpaired) electrons. The second-order valence-electron chi connectivity index (χ2n) is 3.16. The molecule has 0 aliphatic carbocycles. The monoisotopic (exact) mass is 352 g/mol. The minimum atomic E-state index is -3.73. The number of rotatable bonds is 5. The van der Waals surface area contributed by atoms with Crippen molar-refractivity contribution in [3.63, 3.8) is 0 Å². The fourth-order valence-corrected chi connectivity index (χ4v) is 4.70. The number of esters is 1. The molecule has 0 amide bonds. The average Bonchev–Trinajstić information content (AvgIpc) is 2.42. The van der Waals surface area contributed by atoms with Gasteiger partial charge in [-0.15, -0.1) is 0 Å². The van der Waals surface area contributed by atoms with E-state index in [1.54, 1.807) is 0 Å². The van der Waals surface area contributed by atoms with Crippen molar-refractivity contribution in [1.82, 2.24) is 0 Å². The summed E-state index contributed by atoms with van der Waals surface area (Å²) in [5, 5.41) is 1.16. The molecule has 0 fully saturated rings. The molecule has 0 aromatic heterocycles. The van der Waals surface area contributed by atoms with Gasteiger partial charge in [-0.1, -0.05) is 0 Å². The summed E-state index contributed by atoms with van der Waals surface area (Å²) in [5.74, 6) is -0.614. The molecular weight excluding hydrogens is 344 g/mol. The molecule has 96 valence electrons. The Kier molecular flexibility index (Phi) is 4.96. The van der Waals surface area contributed by atoms with E-state index in [0.717, 1.165) is 0 Å². The first kappa shape index (κ1) is 14.8. The molecule has 0 atom stereocenters. The van der Waals surface area contributed by atoms with Gasteiger partial charge in [0.05, 0.1) is 0 Å². The van der Waals surface area contributed by atoms with E-state index >= 15 is 0 Å². The van der Waals surface area contributed by atoms with Gasteiger partial charge in [0.25, 0.3) is 0 Å². The number of hydrogen-bond donors (Lipinski definition) is 0. The molecule has 0 saturated carbocycles.